The fourth-order valence-electron chi connectivity index (χ4n) is 1.45. The number of nitrogens with one attached hydrogen (secondary N) is 1. The highest BCUT2D eigenvalue weighted by Crippen LogP contribution is 2.06. The maximum absolute atomic E-state index is 11.8. The smallest absolute Gasteiger partial charge is 0.409 e. The molecule has 0 aromatic heterocycles. The van der Waals surface area contributed by atoms with Crippen LogP contribution < -0.4 is 11.1 Å². The number of carbonyl (C=O) groups excluding carboxylic acids is 2. The lowest BCUT2D eigenvalue weighted by molar-refractivity contribution is 0.0516. The molecule has 0 aliphatic carbocycles. The Hall–Kier alpha value is -1.50. The Morgan fingerprint density at radius 3 is 2.43 bits per heavy atom. The number of ether oxygens (including phenoxy) is 2. The number of carbonyl (C=O) groups is 2. The molecule has 0 aromatic carbocycles. The van der Waals surface area contributed by atoms with Gasteiger partial charge in [-0.2, -0.15) is 0 Å². The van der Waals surface area contributed by atoms with Gasteiger partial charge in [0.1, 0.15) is 5.60 Å². The fraction of sp³-hybridized carbons (Fsp3) is 0.857. The van der Waals surface area contributed by atoms with Crippen molar-refractivity contribution in [2.75, 3.05) is 32.8 Å². The molecule has 0 unspecified atom stereocenters. The molecule has 0 bridgehead atoms. The van der Waals surface area contributed by atoms with E-state index in [1.165, 1.54) is 4.90 Å². The van der Waals surface area contributed by atoms with Gasteiger partial charge in [-0.05, 0) is 27.2 Å². The van der Waals surface area contributed by atoms with E-state index in [1.807, 2.05) is 6.92 Å². The molecule has 0 aliphatic rings. The molecule has 7 nitrogen and oxygen atoms in total. The molecule has 0 saturated carbocycles. The van der Waals surface area contributed by atoms with Crippen molar-refractivity contribution in [2.45, 2.75) is 46.1 Å². The third-order valence-corrected chi connectivity index (χ3v) is 2.43. The first kappa shape index (κ1) is 19.5. The summed E-state index contributed by atoms with van der Waals surface area (Å²) in [5, 5.41) is 2.60. The quantitative estimate of drug-likeness (QED) is 0.666. The van der Waals surface area contributed by atoms with Gasteiger partial charge in [0.15, 0.2) is 0 Å². The van der Waals surface area contributed by atoms with E-state index in [0.29, 0.717) is 26.2 Å². The Bertz CT molecular complexity index is 316. The van der Waals surface area contributed by atoms with Crippen molar-refractivity contribution in [2.24, 2.45) is 5.73 Å². The van der Waals surface area contributed by atoms with Crippen molar-refractivity contribution >= 4 is 12.2 Å². The largest absolute Gasteiger partial charge is 0.449 e. The molecule has 7 heteroatoms. The average Bonchev–Trinajstić information content (AvgIpc) is 2.35. The van der Waals surface area contributed by atoms with Crippen molar-refractivity contribution in [1.29, 1.82) is 0 Å². The number of hydrogen-bond donors (Lipinski definition) is 2. The monoisotopic (exact) mass is 303 g/mol. The van der Waals surface area contributed by atoms with Gasteiger partial charge in [-0.3, -0.25) is 0 Å². The van der Waals surface area contributed by atoms with Gasteiger partial charge < -0.3 is 25.4 Å². The normalized spacial score (nSPS) is 10.9. The molecule has 0 spiro atoms. The van der Waals surface area contributed by atoms with Crippen LogP contribution in [0.5, 0.6) is 0 Å². The van der Waals surface area contributed by atoms with Crippen LogP contribution in [0.25, 0.3) is 0 Å². The van der Waals surface area contributed by atoms with Gasteiger partial charge in [0.2, 0.25) is 0 Å². The van der Waals surface area contributed by atoms with Crippen molar-refractivity contribution in [3.63, 3.8) is 0 Å². The van der Waals surface area contributed by atoms with E-state index in [4.69, 9.17) is 15.2 Å². The molecule has 0 radical (unpaired) electrons. The molecule has 0 rings (SSSR count). The SMILES string of the molecule is CCCCOC(=O)N(CCN)CCNC(=O)OC(C)(C)C. The topological polar surface area (TPSA) is 93.9 Å². The summed E-state index contributed by atoms with van der Waals surface area (Å²) in [6.45, 7) is 9.15. The molecule has 0 aliphatic heterocycles. The van der Waals surface area contributed by atoms with Crippen LogP contribution >= 0.6 is 0 Å². The molecule has 124 valence electrons. The molecule has 0 saturated heterocycles. The lowest BCUT2D eigenvalue weighted by Gasteiger charge is -2.23. The molecule has 0 fully saturated rings. The minimum absolute atomic E-state index is 0.289. The summed E-state index contributed by atoms with van der Waals surface area (Å²) in [7, 11) is 0. The number of nitrogens with two attached hydrogens (primary N) is 1. The van der Waals surface area contributed by atoms with Crippen LogP contribution in [0.1, 0.15) is 40.5 Å². The van der Waals surface area contributed by atoms with Crippen LogP contribution in [-0.2, 0) is 9.47 Å². The van der Waals surface area contributed by atoms with Gasteiger partial charge in [0.05, 0.1) is 6.61 Å². The zero-order chi connectivity index (χ0) is 16.3. The predicted octanol–water partition coefficient (Wildman–Crippen LogP) is 1.71. The van der Waals surface area contributed by atoms with Crippen LogP contribution in [0.4, 0.5) is 9.59 Å². The van der Waals surface area contributed by atoms with E-state index in [9.17, 15) is 9.59 Å². The lowest BCUT2D eigenvalue weighted by Crippen LogP contribution is -2.42. The fourth-order valence-corrected chi connectivity index (χ4v) is 1.45. The Labute approximate surface area is 127 Å². The van der Waals surface area contributed by atoms with Crippen molar-refractivity contribution in [1.82, 2.24) is 10.2 Å². The maximum Gasteiger partial charge on any atom is 0.409 e. The van der Waals surface area contributed by atoms with Gasteiger partial charge in [-0.15, -0.1) is 0 Å². The molecule has 3 N–H and O–H groups in total. The number of rotatable bonds is 8. The van der Waals surface area contributed by atoms with Gasteiger partial charge in [0, 0.05) is 26.2 Å². The Balaban J connectivity index is 4.09. The third-order valence-electron chi connectivity index (χ3n) is 2.43. The molecular formula is C14H29N3O4. The highest BCUT2D eigenvalue weighted by Gasteiger charge is 2.17. The van der Waals surface area contributed by atoms with Gasteiger partial charge in [-0.25, -0.2) is 9.59 Å². The summed E-state index contributed by atoms with van der Waals surface area (Å²) in [5.41, 5.74) is 4.93. The summed E-state index contributed by atoms with van der Waals surface area (Å²) < 4.78 is 10.2. The van der Waals surface area contributed by atoms with Crippen LogP contribution in [0.15, 0.2) is 0 Å². The minimum Gasteiger partial charge on any atom is -0.449 e. The molecule has 21 heavy (non-hydrogen) atoms. The second kappa shape index (κ2) is 10.3. The zero-order valence-corrected chi connectivity index (χ0v) is 13.6. The van der Waals surface area contributed by atoms with E-state index in [-0.39, 0.29) is 6.54 Å². The average molecular weight is 303 g/mol. The van der Waals surface area contributed by atoms with Gasteiger partial charge in [0.25, 0.3) is 0 Å². The van der Waals surface area contributed by atoms with Crippen LogP contribution in [0.2, 0.25) is 0 Å². The minimum atomic E-state index is -0.542. The zero-order valence-electron chi connectivity index (χ0n) is 13.6. The summed E-state index contributed by atoms with van der Waals surface area (Å²) in [6.07, 6.45) is 0.886. The van der Waals surface area contributed by atoms with Gasteiger partial charge in [-0.1, -0.05) is 13.3 Å². The second-order valence-corrected chi connectivity index (χ2v) is 5.67. The van der Waals surface area contributed by atoms with E-state index in [1.54, 1.807) is 20.8 Å². The first-order valence-electron chi connectivity index (χ1n) is 7.38. The first-order chi connectivity index (χ1) is 9.80. The summed E-state index contributed by atoms with van der Waals surface area (Å²) in [6, 6.07) is 0. The maximum atomic E-state index is 11.8. The third kappa shape index (κ3) is 10.9. The summed E-state index contributed by atoms with van der Waals surface area (Å²) in [5.74, 6) is 0. The summed E-state index contributed by atoms with van der Waals surface area (Å²) in [4.78, 5) is 24.8. The van der Waals surface area contributed by atoms with Crippen molar-refractivity contribution in [3.05, 3.63) is 0 Å². The Kier molecular flexibility index (Phi) is 9.53. The van der Waals surface area contributed by atoms with E-state index < -0.39 is 17.8 Å². The first-order valence-corrected chi connectivity index (χ1v) is 7.38. The van der Waals surface area contributed by atoms with Crippen LogP contribution in [0.3, 0.4) is 0 Å². The number of unbranched alkanes of at least 4 members (excludes halogenated alkanes) is 1. The van der Waals surface area contributed by atoms with E-state index in [0.717, 1.165) is 12.8 Å². The van der Waals surface area contributed by atoms with E-state index >= 15 is 0 Å². The number of alkyl carbamates (subject to hydrolysis) is 1. The second-order valence-electron chi connectivity index (χ2n) is 5.67. The molecule has 0 heterocycles. The standard InChI is InChI=1S/C14H29N3O4/c1-5-6-11-20-13(19)17(9-7-15)10-8-16-12(18)21-14(2,3)4/h5-11,15H2,1-4H3,(H,16,18). The van der Waals surface area contributed by atoms with Crippen LogP contribution in [0, 0.1) is 0 Å². The summed E-state index contributed by atoms with van der Waals surface area (Å²) >= 11 is 0. The molecule has 0 atom stereocenters. The van der Waals surface area contributed by atoms with Crippen molar-refractivity contribution in [3.8, 4) is 0 Å². The molecular weight excluding hydrogens is 274 g/mol. The highest BCUT2D eigenvalue weighted by atomic mass is 16.6. The van der Waals surface area contributed by atoms with E-state index in [2.05, 4.69) is 5.32 Å². The number of nitrogens with zero attached hydrogens (tertiary/aromatic N) is 1. The lowest BCUT2D eigenvalue weighted by atomic mass is 10.2. The number of amides is 2. The molecule has 2 amide bonds. The predicted molar refractivity (Wildman–Crippen MR) is 81.1 cm³/mol. The number of hydrogen-bond acceptors (Lipinski definition) is 5. The Morgan fingerprint density at radius 1 is 1.24 bits per heavy atom. The molecule has 0 aromatic rings. The Morgan fingerprint density at radius 2 is 1.90 bits per heavy atom. The van der Waals surface area contributed by atoms with Crippen LogP contribution in [-0.4, -0.2) is 55.5 Å². The highest BCUT2D eigenvalue weighted by molar-refractivity contribution is 5.69. The van der Waals surface area contributed by atoms with Crippen molar-refractivity contribution < 1.29 is 19.1 Å². The van der Waals surface area contributed by atoms with Gasteiger partial charge >= 0.3 is 12.2 Å².